The van der Waals surface area contributed by atoms with Crippen molar-refractivity contribution in [1.82, 2.24) is 5.43 Å². The molecular formula is C18H14N4OS. The van der Waals surface area contributed by atoms with Crippen molar-refractivity contribution in [3.8, 4) is 0 Å². The summed E-state index contributed by atoms with van der Waals surface area (Å²) < 4.78 is 0. The molecule has 6 heteroatoms. The number of carbonyl (C=O) groups excluding carboxylic acids is 1. The van der Waals surface area contributed by atoms with Crippen molar-refractivity contribution < 1.29 is 4.79 Å². The molecule has 0 aliphatic carbocycles. The number of anilines is 2. The molecule has 0 fully saturated rings. The molecule has 0 saturated heterocycles. The Morgan fingerprint density at radius 1 is 1.00 bits per heavy atom. The van der Waals surface area contributed by atoms with Gasteiger partial charge in [-0.25, -0.2) is 5.43 Å². The maximum atomic E-state index is 12.2. The van der Waals surface area contributed by atoms with Gasteiger partial charge in [0.2, 0.25) is 0 Å². The number of hydrogen-bond acceptors (Lipinski definition) is 5. The van der Waals surface area contributed by atoms with Gasteiger partial charge in [-0.2, -0.15) is 5.10 Å². The molecule has 0 radical (unpaired) electrons. The molecule has 24 heavy (non-hydrogen) atoms. The van der Waals surface area contributed by atoms with Gasteiger partial charge < -0.3 is 11.1 Å². The average molecular weight is 334 g/mol. The van der Waals surface area contributed by atoms with E-state index in [1.54, 1.807) is 0 Å². The molecule has 2 aliphatic rings. The van der Waals surface area contributed by atoms with Gasteiger partial charge in [0, 0.05) is 16.3 Å². The van der Waals surface area contributed by atoms with Crippen LogP contribution in [0.4, 0.5) is 11.4 Å². The standard InChI is InChI=1S/C18H14N4OS/c19-12-6-8-13(9-7-12)24-18-16(17(23)21-22-18)15-10-5-11-3-1-2-4-14(11)20-15/h1-10,20H,19H2,(H,21,23)/b16-15+. The van der Waals surface area contributed by atoms with Crippen molar-refractivity contribution in [1.29, 1.82) is 0 Å². The van der Waals surface area contributed by atoms with Gasteiger partial charge in [-0.15, -0.1) is 0 Å². The molecule has 2 aromatic carbocycles. The number of nitrogens with zero attached hydrogens (tertiary/aromatic N) is 1. The lowest BCUT2D eigenvalue weighted by Gasteiger charge is -2.17. The molecule has 2 aliphatic heterocycles. The summed E-state index contributed by atoms with van der Waals surface area (Å²) in [6.07, 6.45) is 3.90. The van der Waals surface area contributed by atoms with Crippen LogP contribution in [0.5, 0.6) is 0 Å². The number of benzene rings is 2. The van der Waals surface area contributed by atoms with Crippen LogP contribution < -0.4 is 16.5 Å². The Bertz CT molecular complexity index is 913. The maximum absolute atomic E-state index is 12.2. The summed E-state index contributed by atoms with van der Waals surface area (Å²) >= 11 is 1.43. The van der Waals surface area contributed by atoms with Crippen molar-refractivity contribution in [2.24, 2.45) is 5.10 Å². The van der Waals surface area contributed by atoms with Crippen LogP contribution >= 0.6 is 11.8 Å². The maximum Gasteiger partial charge on any atom is 0.276 e. The first-order valence-corrected chi connectivity index (χ1v) is 8.22. The molecule has 2 aromatic rings. The number of fused-ring (bicyclic) bond motifs is 1. The summed E-state index contributed by atoms with van der Waals surface area (Å²) in [6.45, 7) is 0. The summed E-state index contributed by atoms with van der Waals surface area (Å²) in [5.74, 6) is -0.209. The second-order valence-corrected chi connectivity index (χ2v) is 6.43. The largest absolute Gasteiger partial charge is 0.399 e. The molecule has 118 valence electrons. The number of hydrazone groups is 1. The SMILES string of the molecule is Nc1ccc(SC2=NNC(=O)/C2=C2/C=Cc3ccccc3N2)cc1. The monoisotopic (exact) mass is 334 g/mol. The molecule has 5 nitrogen and oxygen atoms in total. The zero-order chi connectivity index (χ0) is 16.5. The van der Waals surface area contributed by atoms with Crippen LogP contribution in [-0.2, 0) is 4.79 Å². The van der Waals surface area contributed by atoms with Crippen molar-refractivity contribution in [3.63, 3.8) is 0 Å². The molecule has 0 spiro atoms. The van der Waals surface area contributed by atoms with Gasteiger partial charge in [-0.05, 0) is 42.0 Å². The zero-order valence-corrected chi connectivity index (χ0v) is 13.4. The van der Waals surface area contributed by atoms with Gasteiger partial charge in [-0.3, -0.25) is 4.79 Å². The zero-order valence-electron chi connectivity index (χ0n) is 12.6. The van der Waals surface area contributed by atoms with E-state index >= 15 is 0 Å². The predicted octanol–water partition coefficient (Wildman–Crippen LogP) is 3.20. The Morgan fingerprint density at radius 3 is 2.62 bits per heavy atom. The van der Waals surface area contributed by atoms with E-state index in [2.05, 4.69) is 15.8 Å². The van der Waals surface area contributed by atoms with Gasteiger partial charge in [0.15, 0.2) is 0 Å². The fourth-order valence-corrected chi connectivity index (χ4v) is 3.42. The topological polar surface area (TPSA) is 79.5 Å². The number of amides is 1. The number of nitrogens with two attached hydrogens (primary N) is 1. The van der Waals surface area contributed by atoms with E-state index < -0.39 is 0 Å². The third-order valence-corrected chi connectivity index (χ3v) is 4.72. The number of nitrogens with one attached hydrogen (secondary N) is 2. The van der Waals surface area contributed by atoms with E-state index in [9.17, 15) is 4.79 Å². The Labute approximate surface area is 143 Å². The number of para-hydroxylation sites is 1. The van der Waals surface area contributed by atoms with E-state index in [4.69, 9.17) is 5.73 Å². The lowest BCUT2D eigenvalue weighted by molar-refractivity contribution is -0.116. The highest BCUT2D eigenvalue weighted by molar-refractivity contribution is 8.14. The second-order valence-electron chi connectivity index (χ2n) is 5.36. The average Bonchev–Trinajstić information content (AvgIpc) is 2.97. The van der Waals surface area contributed by atoms with Crippen molar-refractivity contribution >= 4 is 40.2 Å². The molecule has 0 unspecified atom stereocenters. The quantitative estimate of drug-likeness (QED) is 0.553. The van der Waals surface area contributed by atoms with Crippen LogP contribution in [0.25, 0.3) is 6.08 Å². The minimum absolute atomic E-state index is 0.209. The molecule has 0 atom stereocenters. The Hall–Kier alpha value is -2.99. The fourth-order valence-electron chi connectivity index (χ4n) is 2.53. The van der Waals surface area contributed by atoms with Gasteiger partial charge in [0.1, 0.15) is 5.04 Å². The smallest absolute Gasteiger partial charge is 0.276 e. The Morgan fingerprint density at radius 2 is 1.79 bits per heavy atom. The van der Waals surface area contributed by atoms with Crippen molar-refractivity contribution in [2.75, 3.05) is 11.1 Å². The highest BCUT2D eigenvalue weighted by Crippen LogP contribution is 2.31. The molecule has 0 aromatic heterocycles. The van der Waals surface area contributed by atoms with Crippen LogP contribution in [0.1, 0.15) is 5.56 Å². The van der Waals surface area contributed by atoms with Crippen LogP contribution in [-0.4, -0.2) is 11.0 Å². The number of allylic oxidation sites excluding steroid dienone is 1. The number of nitrogen functional groups attached to an aromatic ring is 1. The minimum atomic E-state index is -0.209. The normalized spacial score (nSPS) is 18.7. The molecule has 4 rings (SSSR count). The van der Waals surface area contributed by atoms with Crippen LogP contribution in [0.2, 0.25) is 0 Å². The first-order chi connectivity index (χ1) is 11.7. The summed E-state index contributed by atoms with van der Waals surface area (Å²) in [4.78, 5) is 13.2. The first-order valence-electron chi connectivity index (χ1n) is 7.41. The van der Waals surface area contributed by atoms with E-state index in [-0.39, 0.29) is 5.91 Å². The van der Waals surface area contributed by atoms with E-state index in [0.29, 0.717) is 16.3 Å². The van der Waals surface area contributed by atoms with Crippen LogP contribution in [0.15, 0.2) is 75.9 Å². The van der Waals surface area contributed by atoms with Crippen molar-refractivity contribution in [2.45, 2.75) is 4.90 Å². The van der Waals surface area contributed by atoms with Crippen molar-refractivity contribution in [3.05, 3.63) is 71.4 Å². The summed E-state index contributed by atoms with van der Waals surface area (Å²) in [7, 11) is 0. The first kappa shape index (κ1) is 14.6. The molecule has 2 heterocycles. The number of carbonyl (C=O) groups is 1. The van der Waals surface area contributed by atoms with E-state index in [1.165, 1.54) is 11.8 Å². The van der Waals surface area contributed by atoms with Crippen LogP contribution in [0.3, 0.4) is 0 Å². The number of rotatable bonds is 1. The minimum Gasteiger partial charge on any atom is -0.399 e. The summed E-state index contributed by atoms with van der Waals surface area (Å²) in [6, 6.07) is 15.4. The summed E-state index contributed by atoms with van der Waals surface area (Å²) in [5.41, 5.74) is 12.3. The molecular weight excluding hydrogens is 320 g/mol. The third-order valence-electron chi connectivity index (χ3n) is 3.72. The predicted molar refractivity (Wildman–Crippen MR) is 98.4 cm³/mol. The molecule has 1 amide bonds. The third kappa shape index (κ3) is 2.68. The highest BCUT2D eigenvalue weighted by atomic mass is 32.2. The van der Waals surface area contributed by atoms with Gasteiger partial charge in [-0.1, -0.05) is 36.0 Å². The molecule has 4 N–H and O–H groups in total. The fraction of sp³-hybridized carbons (Fsp3) is 0. The van der Waals surface area contributed by atoms with Gasteiger partial charge in [0.05, 0.1) is 11.3 Å². The highest BCUT2D eigenvalue weighted by Gasteiger charge is 2.28. The van der Waals surface area contributed by atoms with E-state index in [0.717, 1.165) is 21.8 Å². The second kappa shape index (κ2) is 5.90. The summed E-state index contributed by atoms with van der Waals surface area (Å²) in [5, 5.41) is 8.11. The lowest BCUT2D eigenvalue weighted by atomic mass is 10.1. The number of hydrogen-bond donors (Lipinski definition) is 3. The molecule has 0 bridgehead atoms. The van der Waals surface area contributed by atoms with E-state index in [1.807, 2.05) is 60.7 Å². The Balaban J connectivity index is 1.67. The number of thioether (sulfide) groups is 1. The van der Waals surface area contributed by atoms with Gasteiger partial charge in [0.25, 0.3) is 5.91 Å². The van der Waals surface area contributed by atoms with Crippen LogP contribution in [0, 0.1) is 0 Å². The van der Waals surface area contributed by atoms with Gasteiger partial charge >= 0.3 is 0 Å². The molecule has 0 saturated carbocycles. The lowest BCUT2D eigenvalue weighted by Crippen LogP contribution is -2.18. The Kier molecular flexibility index (Phi) is 3.59.